The Labute approximate surface area is 118 Å². The van der Waals surface area contributed by atoms with Gasteiger partial charge in [-0.2, -0.15) is 0 Å². The average molecular weight is 295 g/mol. The molecular weight excluding hydrogens is 282 g/mol. The van der Waals surface area contributed by atoms with E-state index in [0.717, 1.165) is 0 Å². The Morgan fingerprint density at radius 3 is 2.70 bits per heavy atom. The highest BCUT2D eigenvalue weighted by molar-refractivity contribution is 7.99. The normalized spacial score (nSPS) is 12.4. The molecule has 20 heavy (non-hydrogen) atoms. The van der Waals surface area contributed by atoms with E-state index in [0.29, 0.717) is 16.3 Å². The molecule has 0 amide bonds. The van der Waals surface area contributed by atoms with Crippen LogP contribution in [0, 0.1) is 5.92 Å². The van der Waals surface area contributed by atoms with Crippen LogP contribution in [0.3, 0.4) is 0 Å². The molecule has 0 aliphatic heterocycles. The first-order valence-electron chi connectivity index (χ1n) is 5.99. The van der Waals surface area contributed by atoms with Crippen LogP contribution in [0.5, 0.6) is 0 Å². The number of carboxylic acid groups (broad SMARTS) is 2. The van der Waals surface area contributed by atoms with E-state index in [1.807, 2.05) is 18.2 Å². The van der Waals surface area contributed by atoms with Crippen LogP contribution >= 0.6 is 11.8 Å². The number of carbonyl (C=O) groups is 2. The molecule has 7 heteroatoms. The Kier molecular flexibility index (Phi) is 4.62. The number of hydrogen-bond donors (Lipinski definition) is 2. The van der Waals surface area contributed by atoms with Crippen molar-refractivity contribution in [2.45, 2.75) is 18.1 Å². The Balaban J connectivity index is 1.97. The first-order chi connectivity index (χ1) is 9.56. The number of para-hydroxylation sites is 2. The van der Waals surface area contributed by atoms with Crippen LogP contribution in [0.4, 0.5) is 0 Å². The molecule has 0 saturated heterocycles. The molecule has 2 N–H and O–H groups in total. The molecular formula is C13H13NO5S. The molecule has 0 aliphatic rings. The summed E-state index contributed by atoms with van der Waals surface area (Å²) < 4.78 is 5.47. The fraction of sp³-hybridized carbons (Fsp3) is 0.308. The van der Waals surface area contributed by atoms with Crippen molar-refractivity contribution in [3.8, 4) is 0 Å². The van der Waals surface area contributed by atoms with Gasteiger partial charge in [0.1, 0.15) is 5.52 Å². The lowest BCUT2D eigenvalue weighted by Crippen LogP contribution is -2.17. The van der Waals surface area contributed by atoms with E-state index in [2.05, 4.69) is 4.98 Å². The second-order valence-corrected chi connectivity index (χ2v) is 5.20. The van der Waals surface area contributed by atoms with Crippen LogP contribution in [-0.4, -0.2) is 32.9 Å². The fourth-order valence-corrected chi connectivity index (χ4v) is 2.63. The number of oxazole rings is 1. The van der Waals surface area contributed by atoms with E-state index >= 15 is 0 Å². The maximum absolute atomic E-state index is 11.0. The monoisotopic (exact) mass is 295 g/mol. The van der Waals surface area contributed by atoms with Gasteiger partial charge < -0.3 is 14.6 Å². The van der Waals surface area contributed by atoms with E-state index in [-0.39, 0.29) is 18.6 Å². The highest BCUT2D eigenvalue weighted by Gasteiger charge is 2.20. The van der Waals surface area contributed by atoms with Crippen molar-refractivity contribution < 1.29 is 24.2 Å². The third-order valence-electron chi connectivity index (χ3n) is 2.74. The molecule has 1 aromatic heterocycles. The number of aromatic nitrogens is 1. The summed E-state index contributed by atoms with van der Waals surface area (Å²) in [5.74, 6) is -2.50. The van der Waals surface area contributed by atoms with Gasteiger partial charge in [0.15, 0.2) is 5.58 Å². The second-order valence-electron chi connectivity index (χ2n) is 4.23. The number of hydrogen-bond acceptors (Lipinski definition) is 5. The fourth-order valence-electron chi connectivity index (χ4n) is 1.66. The summed E-state index contributed by atoms with van der Waals surface area (Å²) >= 11 is 1.18. The van der Waals surface area contributed by atoms with Crippen LogP contribution in [-0.2, 0) is 9.59 Å². The van der Waals surface area contributed by atoms with Crippen LogP contribution in [0.2, 0.25) is 0 Å². The predicted molar refractivity (Wildman–Crippen MR) is 72.7 cm³/mol. The lowest BCUT2D eigenvalue weighted by molar-refractivity contribution is -0.142. The number of fused-ring (bicyclic) bond motifs is 1. The Hall–Kier alpha value is -2.02. The van der Waals surface area contributed by atoms with Crippen molar-refractivity contribution in [3.05, 3.63) is 24.3 Å². The highest BCUT2D eigenvalue weighted by Crippen LogP contribution is 2.26. The smallest absolute Gasteiger partial charge is 0.307 e. The molecule has 0 saturated carbocycles. The van der Waals surface area contributed by atoms with Gasteiger partial charge in [0.05, 0.1) is 5.92 Å². The molecule has 0 spiro atoms. The molecule has 0 radical (unpaired) electrons. The summed E-state index contributed by atoms with van der Waals surface area (Å²) in [6.45, 7) is 0. The van der Waals surface area contributed by atoms with E-state index < -0.39 is 17.9 Å². The number of thioether (sulfide) groups is 1. The molecule has 0 bridgehead atoms. The second kappa shape index (κ2) is 6.42. The van der Waals surface area contributed by atoms with Gasteiger partial charge in [0.2, 0.25) is 0 Å². The van der Waals surface area contributed by atoms with E-state index in [9.17, 15) is 9.59 Å². The maximum atomic E-state index is 11.0. The number of aliphatic carboxylic acids is 2. The first-order valence-corrected chi connectivity index (χ1v) is 6.98. The van der Waals surface area contributed by atoms with Crippen molar-refractivity contribution in [3.63, 3.8) is 0 Å². The largest absolute Gasteiger partial charge is 0.481 e. The summed E-state index contributed by atoms with van der Waals surface area (Å²) in [6.07, 6.45) is -0.0665. The molecule has 6 nitrogen and oxygen atoms in total. The van der Waals surface area contributed by atoms with Crippen molar-refractivity contribution in [1.29, 1.82) is 0 Å². The minimum absolute atomic E-state index is 0.0951. The van der Waals surface area contributed by atoms with Gasteiger partial charge in [-0.05, 0) is 18.6 Å². The number of rotatable bonds is 7. The summed E-state index contributed by atoms with van der Waals surface area (Å²) in [5.41, 5.74) is 1.36. The van der Waals surface area contributed by atoms with Gasteiger partial charge >= 0.3 is 11.9 Å². The third kappa shape index (κ3) is 3.74. The zero-order valence-electron chi connectivity index (χ0n) is 10.5. The standard InChI is InChI=1S/C13H13NO5S/c15-11(16)6-5-8(12(17)18)7-20-13-14-9-3-1-2-4-10(9)19-13/h1-4,8H,5-7H2,(H,15,16)(H,17,18). The van der Waals surface area contributed by atoms with Gasteiger partial charge in [-0.25, -0.2) is 4.98 Å². The molecule has 106 valence electrons. The topological polar surface area (TPSA) is 101 Å². The number of carboxylic acids is 2. The summed E-state index contributed by atoms with van der Waals surface area (Å²) in [7, 11) is 0. The minimum Gasteiger partial charge on any atom is -0.481 e. The summed E-state index contributed by atoms with van der Waals surface area (Å²) in [5, 5.41) is 18.0. The van der Waals surface area contributed by atoms with Crippen molar-refractivity contribution >= 4 is 34.8 Å². The van der Waals surface area contributed by atoms with Gasteiger partial charge in [-0.1, -0.05) is 23.9 Å². The lowest BCUT2D eigenvalue weighted by Gasteiger charge is -2.08. The van der Waals surface area contributed by atoms with Crippen LogP contribution < -0.4 is 0 Å². The van der Waals surface area contributed by atoms with Crippen molar-refractivity contribution in [1.82, 2.24) is 4.98 Å². The van der Waals surface area contributed by atoms with Crippen LogP contribution in [0.25, 0.3) is 11.1 Å². The maximum Gasteiger partial charge on any atom is 0.307 e. The first kappa shape index (κ1) is 14.4. The molecule has 1 aromatic carbocycles. The molecule has 1 heterocycles. The quantitative estimate of drug-likeness (QED) is 0.757. The molecule has 0 fully saturated rings. The molecule has 1 atom stereocenters. The van der Waals surface area contributed by atoms with Crippen molar-refractivity contribution in [2.24, 2.45) is 5.92 Å². The van der Waals surface area contributed by atoms with Crippen LogP contribution in [0.1, 0.15) is 12.8 Å². The predicted octanol–water partition coefficient (Wildman–Crippen LogP) is 2.49. The Morgan fingerprint density at radius 1 is 1.30 bits per heavy atom. The van der Waals surface area contributed by atoms with Gasteiger partial charge in [0.25, 0.3) is 5.22 Å². The summed E-state index contributed by atoms with van der Waals surface area (Å²) in [4.78, 5) is 25.8. The lowest BCUT2D eigenvalue weighted by atomic mass is 10.1. The van der Waals surface area contributed by atoms with Crippen LogP contribution in [0.15, 0.2) is 33.9 Å². The van der Waals surface area contributed by atoms with E-state index in [1.165, 1.54) is 11.8 Å². The van der Waals surface area contributed by atoms with E-state index in [4.69, 9.17) is 14.6 Å². The minimum atomic E-state index is -1.00. The molecule has 1 unspecified atom stereocenters. The third-order valence-corrected chi connectivity index (χ3v) is 3.73. The van der Waals surface area contributed by atoms with Gasteiger partial charge in [-0.3, -0.25) is 9.59 Å². The number of nitrogens with zero attached hydrogens (tertiary/aromatic N) is 1. The highest BCUT2D eigenvalue weighted by atomic mass is 32.2. The van der Waals surface area contributed by atoms with E-state index in [1.54, 1.807) is 6.07 Å². The molecule has 2 rings (SSSR count). The Morgan fingerprint density at radius 2 is 2.05 bits per heavy atom. The zero-order valence-corrected chi connectivity index (χ0v) is 11.3. The van der Waals surface area contributed by atoms with Crippen molar-refractivity contribution in [2.75, 3.05) is 5.75 Å². The Bertz CT molecular complexity index is 591. The molecule has 2 aromatic rings. The van der Waals surface area contributed by atoms with Gasteiger partial charge in [-0.15, -0.1) is 0 Å². The zero-order chi connectivity index (χ0) is 14.5. The number of benzene rings is 1. The SMILES string of the molecule is O=C(O)CCC(CSc1nc2ccccc2o1)C(=O)O. The average Bonchev–Trinajstić information content (AvgIpc) is 2.80. The molecule has 0 aliphatic carbocycles. The summed E-state index contributed by atoms with van der Waals surface area (Å²) in [6, 6.07) is 7.26. The van der Waals surface area contributed by atoms with Gasteiger partial charge in [0, 0.05) is 12.2 Å².